The number of aromatic nitrogens is 2. The van der Waals surface area contributed by atoms with E-state index in [1.54, 1.807) is 22.1 Å². The average molecular weight is 589 g/mol. The van der Waals surface area contributed by atoms with Gasteiger partial charge in [-0.15, -0.1) is 0 Å². The number of piperazine rings is 1. The molecule has 0 spiro atoms. The van der Waals surface area contributed by atoms with Crippen molar-refractivity contribution in [2.75, 3.05) is 66.3 Å². The molecule has 3 aromatic rings. The van der Waals surface area contributed by atoms with Gasteiger partial charge in [-0.1, -0.05) is 30.7 Å². The number of para-hydroxylation sites is 1. The normalized spacial score (nSPS) is 19.3. The Morgan fingerprint density at radius 3 is 2.60 bits per heavy atom. The molecule has 3 aliphatic rings. The lowest BCUT2D eigenvalue weighted by Gasteiger charge is -2.39. The van der Waals surface area contributed by atoms with E-state index >= 15 is 0 Å². The van der Waals surface area contributed by atoms with Crippen molar-refractivity contribution in [3.63, 3.8) is 0 Å². The van der Waals surface area contributed by atoms with E-state index in [0.29, 0.717) is 55.0 Å². The quantitative estimate of drug-likeness (QED) is 0.439. The number of anilines is 5. The van der Waals surface area contributed by atoms with E-state index in [2.05, 4.69) is 52.3 Å². The van der Waals surface area contributed by atoms with Crippen LogP contribution in [0.4, 0.5) is 33.6 Å². The monoisotopic (exact) mass is 588 g/mol. The number of carbonyl (C=O) groups is 2. The summed E-state index contributed by atoms with van der Waals surface area (Å²) in [6, 6.07) is 13.2. The van der Waals surface area contributed by atoms with Crippen LogP contribution < -0.4 is 20.0 Å². The number of likely N-dealkylation sites (N-methyl/N-ethyl adjacent to an activating group) is 1. The van der Waals surface area contributed by atoms with Crippen molar-refractivity contribution in [1.29, 1.82) is 0 Å². The largest absolute Gasteiger partial charge is 0.369 e. The number of hydrogen-bond donors (Lipinski definition) is 1. The third-order valence-corrected chi connectivity index (χ3v) is 8.78. The van der Waals surface area contributed by atoms with E-state index < -0.39 is 0 Å². The molecular formula is C31H37ClN8O2. The molecule has 1 atom stereocenters. The van der Waals surface area contributed by atoms with Crippen molar-refractivity contribution in [3.8, 4) is 0 Å². The Balaban J connectivity index is 1.29. The van der Waals surface area contributed by atoms with E-state index in [4.69, 9.17) is 16.6 Å². The van der Waals surface area contributed by atoms with Crippen LogP contribution >= 0.6 is 11.6 Å². The van der Waals surface area contributed by atoms with E-state index in [0.717, 1.165) is 37.4 Å². The Hall–Kier alpha value is -3.89. The van der Waals surface area contributed by atoms with Crippen molar-refractivity contribution in [1.82, 2.24) is 19.8 Å². The number of benzene rings is 2. The van der Waals surface area contributed by atoms with Crippen LogP contribution in [0, 0.1) is 6.92 Å². The van der Waals surface area contributed by atoms with Gasteiger partial charge in [0.25, 0.3) is 0 Å². The molecule has 220 valence electrons. The van der Waals surface area contributed by atoms with Crippen molar-refractivity contribution in [2.45, 2.75) is 39.3 Å². The van der Waals surface area contributed by atoms with Gasteiger partial charge in [-0.05, 0) is 56.3 Å². The van der Waals surface area contributed by atoms with Gasteiger partial charge in [0.2, 0.25) is 11.9 Å². The highest BCUT2D eigenvalue weighted by atomic mass is 35.5. The van der Waals surface area contributed by atoms with E-state index in [1.807, 2.05) is 30.0 Å². The third-order valence-electron chi connectivity index (χ3n) is 8.46. The minimum atomic E-state index is -0.205. The summed E-state index contributed by atoms with van der Waals surface area (Å²) in [5.41, 5.74) is 4.77. The molecule has 10 nitrogen and oxygen atoms in total. The Morgan fingerprint density at radius 2 is 1.86 bits per heavy atom. The smallest absolute Gasteiger partial charge is 0.330 e. The zero-order chi connectivity index (χ0) is 29.4. The first-order valence-corrected chi connectivity index (χ1v) is 15.0. The second-order valence-electron chi connectivity index (χ2n) is 11.3. The van der Waals surface area contributed by atoms with Gasteiger partial charge in [0, 0.05) is 68.8 Å². The number of likely N-dealkylation sites (tertiary alicyclic amines) is 1. The summed E-state index contributed by atoms with van der Waals surface area (Å²) >= 11 is 6.52. The molecule has 11 heteroatoms. The van der Waals surface area contributed by atoms with Crippen LogP contribution in [-0.2, 0) is 11.3 Å². The molecule has 0 bridgehead atoms. The SMILES string of the molecule is CCC(=O)N1CC[C@H](N2C(=O)N(c3ccccc3Cl)Cc3cnc(Nc4ccc(N5CCN(C)CC5)c(C)c4)nc32)C1. The van der Waals surface area contributed by atoms with Crippen molar-refractivity contribution < 1.29 is 9.59 Å². The Morgan fingerprint density at radius 1 is 1.07 bits per heavy atom. The third kappa shape index (κ3) is 5.48. The number of rotatable bonds is 6. The Bertz CT molecular complexity index is 1490. The summed E-state index contributed by atoms with van der Waals surface area (Å²) in [5, 5.41) is 3.86. The van der Waals surface area contributed by atoms with Gasteiger partial charge < -0.3 is 20.0 Å². The maximum absolute atomic E-state index is 14.1. The zero-order valence-electron chi connectivity index (χ0n) is 24.4. The number of nitrogens with zero attached hydrogens (tertiary/aromatic N) is 7. The fourth-order valence-corrected chi connectivity index (χ4v) is 6.33. The van der Waals surface area contributed by atoms with Gasteiger partial charge >= 0.3 is 6.03 Å². The molecule has 4 heterocycles. The second kappa shape index (κ2) is 11.8. The van der Waals surface area contributed by atoms with Crippen LogP contribution in [0.1, 0.15) is 30.9 Å². The minimum absolute atomic E-state index is 0.0885. The molecule has 6 rings (SSSR count). The van der Waals surface area contributed by atoms with Crippen LogP contribution in [-0.4, -0.2) is 84.1 Å². The van der Waals surface area contributed by atoms with Crippen LogP contribution in [0.2, 0.25) is 5.02 Å². The number of carbonyl (C=O) groups excluding carboxylic acids is 2. The summed E-state index contributed by atoms with van der Waals surface area (Å²) in [4.78, 5) is 46.1. The predicted octanol–water partition coefficient (Wildman–Crippen LogP) is 4.89. The average Bonchev–Trinajstić information content (AvgIpc) is 3.47. The minimum Gasteiger partial charge on any atom is -0.369 e. The molecule has 0 aliphatic carbocycles. The number of fused-ring (bicyclic) bond motifs is 1. The summed E-state index contributed by atoms with van der Waals surface area (Å²) in [6.45, 7) is 9.49. The van der Waals surface area contributed by atoms with Crippen LogP contribution in [0.5, 0.6) is 0 Å². The zero-order valence-corrected chi connectivity index (χ0v) is 25.1. The van der Waals surface area contributed by atoms with Crippen LogP contribution in [0.15, 0.2) is 48.7 Å². The van der Waals surface area contributed by atoms with Crippen LogP contribution in [0.25, 0.3) is 0 Å². The molecule has 1 aromatic heterocycles. The molecule has 0 radical (unpaired) electrons. The number of aryl methyl sites for hydroxylation is 1. The number of amides is 3. The highest BCUT2D eigenvalue weighted by molar-refractivity contribution is 6.34. The fraction of sp³-hybridized carbons (Fsp3) is 0.419. The molecule has 2 aromatic carbocycles. The molecule has 2 fully saturated rings. The molecular weight excluding hydrogens is 552 g/mol. The van der Waals surface area contributed by atoms with Gasteiger partial charge in [-0.3, -0.25) is 14.6 Å². The van der Waals surface area contributed by atoms with Crippen LogP contribution in [0.3, 0.4) is 0 Å². The number of urea groups is 1. The Labute approximate surface area is 251 Å². The van der Waals surface area contributed by atoms with Gasteiger partial charge in [-0.25, -0.2) is 9.78 Å². The standard InChI is InChI=1S/C31H37ClN8O2/c1-4-28(41)38-12-11-24(20-38)40-29-22(19-39(31(40)42)27-8-6-5-7-25(27)32)18-33-30(35-29)34-23-9-10-26(21(2)17-23)37-15-13-36(3)14-16-37/h5-10,17-18,24H,4,11-16,19-20H2,1-3H3,(H,33,34,35)/t24-/m0/s1. The van der Waals surface area contributed by atoms with E-state index in [9.17, 15) is 9.59 Å². The molecule has 42 heavy (non-hydrogen) atoms. The summed E-state index contributed by atoms with van der Waals surface area (Å²) < 4.78 is 0. The fourth-order valence-electron chi connectivity index (χ4n) is 6.09. The maximum atomic E-state index is 14.1. The van der Waals surface area contributed by atoms with Gasteiger partial charge in [0.15, 0.2) is 0 Å². The van der Waals surface area contributed by atoms with Gasteiger partial charge in [0.05, 0.1) is 23.3 Å². The summed E-state index contributed by atoms with van der Waals surface area (Å²) in [6.07, 6.45) is 2.89. The first kappa shape index (κ1) is 28.2. The lowest BCUT2D eigenvalue weighted by molar-refractivity contribution is -0.129. The number of halogens is 1. The second-order valence-corrected chi connectivity index (χ2v) is 11.7. The highest BCUT2D eigenvalue weighted by Gasteiger charge is 2.41. The molecule has 2 saturated heterocycles. The van der Waals surface area contributed by atoms with Crippen molar-refractivity contribution in [3.05, 3.63) is 64.8 Å². The Kier molecular flexibility index (Phi) is 7.92. The summed E-state index contributed by atoms with van der Waals surface area (Å²) in [7, 11) is 2.16. The maximum Gasteiger partial charge on any atom is 0.330 e. The first-order valence-electron chi connectivity index (χ1n) is 14.6. The van der Waals surface area contributed by atoms with Gasteiger partial charge in [0.1, 0.15) is 5.82 Å². The predicted molar refractivity (Wildman–Crippen MR) is 167 cm³/mol. The van der Waals surface area contributed by atoms with E-state index in [-0.39, 0.29) is 18.0 Å². The summed E-state index contributed by atoms with van der Waals surface area (Å²) in [5.74, 6) is 1.08. The van der Waals surface area contributed by atoms with Crippen molar-refractivity contribution >= 4 is 52.4 Å². The first-order chi connectivity index (χ1) is 20.3. The molecule has 0 unspecified atom stereocenters. The van der Waals surface area contributed by atoms with Crippen molar-refractivity contribution in [2.24, 2.45) is 0 Å². The topological polar surface area (TPSA) is 88.1 Å². The lowest BCUT2D eigenvalue weighted by atomic mass is 10.1. The van der Waals surface area contributed by atoms with E-state index in [1.165, 1.54) is 11.3 Å². The van der Waals surface area contributed by atoms with Gasteiger partial charge in [-0.2, -0.15) is 4.98 Å². The molecule has 3 amide bonds. The molecule has 1 N–H and O–H groups in total. The number of nitrogens with one attached hydrogen (secondary N) is 1. The molecule has 3 aliphatic heterocycles. The molecule has 0 saturated carbocycles. The number of hydrogen-bond acceptors (Lipinski definition) is 7. The highest BCUT2D eigenvalue weighted by Crippen LogP contribution is 2.37. The lowest BCUT2D eigenvalue weighted by Crippen LogP contribution is -2.53.